The number of rotatable bonds is 9. The Morgan fingerprint density at radius 3 is 2.32 bits per heavy atom. The van der Waals surface area contributed by atoms with Crippen molar-refractivity contribution in [1.29, 1.82) is 0 Å². The molecule has 5 rings (SSSR count). The number of aromatic amines is 1. The lowest BCUT2D eigenvalue weighted by atomic mass is 10.1. The first kappa shape index (κ1) is 21.4. The first-order valence-electron chi connectivity index (χ1n) is 10.9. The molecular weight excluding hydrogens is 430 g/mol. The number of pyridine rings is 1. The molecule has 0 amide bonds. The van der Waals surface area contributed by atoms with Gasteiger partial charge in [-0.15, -0.1) is 10.2 Å². The highest BCUT2D eigenvalue weighted by Crippen LogP contribution is 2.23. The van der Waals surface area contributed by atoms with Crippen molar-refractivity contribution >= 4 is 10.9 Å². The van der Waals surface area contributed by atoms with Gasteiger partial charge < -0.3 is 14.2 Å². The molecule has 0 radical (unpaired) electrons. The van der Waals surface area contributed by atoms with Gasteiger partial charge in [-0.3, -0.25) is 0 Å². The lowest BCUT2D eigenvalue weighted by Crippen LogP contribution is -2.01. The fraction of sp³-hybridized carbons (Fsp3) is 0.154. The molecule has 0 atom stereocenters. The van der Waals surface area contributed by atoms with Gasteiger partial charge in [0.2, 0.25) is 5.82 Å². The fourth-order valence-electron chi connectivity index (χ4n) is 3.49. The van der Waals surface area contributed by atoms with Gasteiger partial charge >= 0.3 is 0 Å². The van der Waals surface area contributed by atoms with Gasteiger partial charge in [0.15, 0.2) is 6.61 Å². The molecular formula is C26H23N5O3. The second-order valence-electron chi connectivity index (χ2n) is 7.76. The van der Waals surface area contributed by atoms with Crippen molar-refractivity contribution in [2.75, 3.05) is 0 Å². The van der Waals surface area contributed by atoms with E-state index in [9.17, 15) is 0 Å². The quantitative estimate of drug-likeness (QED) is 0.343. The Morgan fingerprint density at radius 1 is 0.765 bits per heavy atom. The number of nitrogens with zero attached hydrogens (tertiary/aromatic N) is 4. The monoisotopic (exact) mass is 453 g/mol. The van der Waals surface area contributed by atoms with E-state index in [1.54, 1.807) is 0 Å². The molecule has 5 aromatic rings. The average molecular weight is 454 g/mol. The molecule has 8 nitrogen and oxygen atoms in total. The molecule has 1 N–H and O–H groups in total. The van der Waals surface area contributed by atoms with Crippen molar-refractivity contribution in [3.05, 3.63) is 102 Å². The molecule has 170 valence electrons. The summed E-state index contributed by atoms with van der Waals surface area (Å²) in [7, 11) is 0. The third kappa shape index (κ3) is 5.29. The molecule has 0 unspecified atom stereocenters. The minimum absolute atomic E-state index is 0.262. The number of aryl methyl sites for hydroxylation is 1. The van der Waals surface area contributed by atoms with Gasteiger partial charge in [0.05, 0.1) is 11.2 Å². The van der Waals surface area contributed by atoms with Crippen molar-refractivity contribution in [2.45, 2.75) is 26.7 Å². The summed E-state index contributed by atoms with van der Waals surface area (Å²) in [5.74, 6) is 2.82. The minimum atomic E-state index is 0.262. The number of hydrogen-bond acceptors (Lipinski definition) is 7. The summed E-state index contributed by atoms with van der Waals surface area (Å²) in [4.78, 5) is 4.64. The highest BCUT2D eigenvalue weighted by atomic mass is 16.5. The molecule has 8 heteroatoms. The SMILES string of the molecule is Cc1cc(COc2ccc(OCc3ccc4ccccc4n3)cc2)ccc1OCc1nn[nH]n1. The normalized spacial score (nSPS) is 10.9. The van der Waals surface area contributed by atoms with Crippen molar-refractivity contribution in [3.63, 3.8) is 0 Å². The van der Waals surface area contributed by atoms with Crippen LogP contribution in [-0.2, 0) is 19.8 Å². The number of benzene rings is 3. The molecule has 2 aromatic heterocycles. The third-order valence-electron chi connectivity index (χ3n) is 5.26. The van der Waals surface area contributed by atoms with Crippen LogP contribution in [0.1, 0.15) is 22.6 Å². The van der Waals surface area contributed by atoms with Crippen LogP contribution in [-0.4, -0.2) is 25.6 Å². The van der Waals surface area contributed by atoms with Gasteiger partial charge in [-0.25, -0.2) is 4.98 Å². The van der Waals surface area contributed by atoms with E-state index < -0.39 is 0 Å². The van der Waals surface area contributed by atoms with Gasteiger partial charge in [-0.05, 0) is 66.6 Å². The Bertz CT molecular complexity index is 1370. The van der Waals surface area contributed by atoms with Crippen LogP contribution in [0.15, 0.2) is 78.9 Å². The van der Waals surface area contributed by atoms with Gasteiger partial charge in [0.1, 0.15) is 30.5 Å². The van der Waals surface area contributed by atoms with Crippen LogP contribution in [0, 0.1) is 6.92 Å². The van der Waals surface area contributed by atoms with Crippen molar-refractivity contribution in [1.82, 2.24) is 25.6 Å². The summed E-state index contributed by atoms with van der Waals surface area (Å²) >= 11 is 0. The Balaban J connectivity index is 1.12. The molecule has 0 saturated heterocycles. The van der Waals surface area contributed by atoms with Crippen LogP contribution in [0.5, 0.6) is 17.2 Å². The molecule has 0 aliphatic rings. The lowest BCUT2D eigenvalue weighted by molar-refractivity contribution is 0.290. The summed E-state index contributed by atoms with van der Waals surface area (Å²) in [5.41, 5.74) is 3.91. The molecule has 0 aliphatic heterocycles. The number of hydrogen-bond donors (Lipinski definition) is 1. The second-order valence-corrected chi connectivity index (χ2v) is 7.76. The zero-order valence-corrected chi connectivity index (χ0v) is 18.6. The first-order valence-corrected chi connectivity index (χ1v) is 10.9. The van der Waals surface area contributed by atoms with Crippen LogP contribution in [0.4, 0.5) is 0 Å². The number of ether oxygens (including phenoxy) is 3. The predicted molar refractivity (Wildman–Crippen MR) is 127 cm³/mol. The number of nitrogens with one attached hydrogen (secondary N) is 1. The number of tetrazole rings is 1. The zero-order valence-electron chi connectivity index (χ0n) is 18.6. The van der Waals surface area contributed by atoms with Crippen LogP contribution in [0.3, 0.4) is 0 Å². The molecule has 34 heavy (non-hydrogen) atoms. The standard InChI is InChI=1S/C26H23N5O3/c1-18-14-19(6-13-25(18)34-17-26-28-30-31-29-26)15-32-22-9-11-23(12-10-22)33-16-21-8-7-20-4-2-3-5-24(20)27-21/h2-14H,15-17H2,1H3,(H,28,29,30,31). The summed E-state index contributed by atoms with van der Waals surface area (Å²) in [6.45, 7) is 3.11. The topological polar surface area (TPSA) is 95.0 Å². The van der Waals surface area contributed by atoms with E-state index in [-0.39, 0.29) is 6.61 Å². The number of fused-ring (bicyclic) bond motifs is 1. The molecule has 3 aromatic carbocycles. The van der Waals surface area contributed by atoms with Gasteiger partial charge in [-0.1, -0.05) is 35.5 Å². The predicted octanol–water partition coefficient (Wildman–Crippen LogP) is 4.79. The largest absolute Gasteiger partial charge is 0.489 e. The maximum absolute atomic E-state index is 5.93. The average Bonchev–Trinajstić information content (AvgIpc) is 3.40. The van der Waals surface area contributed by atoms with Gasteiger partial charge in [0, 0.05) is 5.39 Å². The maximum atomic E-state index is 5.93. The van der Waals surface area contributed by atoms with Gasteiger partial charge in [0.25, 0.3) is 0 Å². The Hall–Kier alpha value is -4.46. The smallest absolute Gasteiger partial charge is 0.211 e. The van der Waals surface area contributed by atoms with Crippen LogP contribution < -0.4 is 14.2 Å². The van der Waals surface area contributed by atoms with E-state index in [1.807, 2.05) is 79.7 Å². The van der Waals surface area contributed by atoms with Crippen molar-refractivity contribution in [3.8, 4) is 17.2 Å². The lowest BCUT2D eigenvalue weighted by Gasteiger charge is -2.11. The highest BCUT2D eigenvalue weighted by Gasteiger charge is 2.06. The zero-order chi connectivity index (χ0) is 23.2. The van der Waals surface area contributed by atoms with E-state index in [0.717, 1.165) is 45.0 Å². The minimum Gasteiger partial charge on any atom is -0.489 e. The Kier molecular flexibility index (Phi) is 6.29. The number of H-pyrrole nitrogens is 1. The Labute approximate surface area is 196 Å². The van der Waals surface area contributed by atoms with E-state index >= 15 is 0 Å². The van der Waals surface area contributed by atoms with Crippen molar-refractivity contribution in [2.24, 2.45) is 0 Å². The molecule has 0 saturated carbocycles. The van der Waals surface area contributed by atoms with E-state index in [2.05, 4.69) is 31.7 Å². The number of aromatic nitrogens is 5. The number of para-hydroxylation sites is 1. The van der Waals surface area contributed by atoms with E-state index in [0.29, 0.717) is 19.0 Å². The molecule has 0 fully saturated rings. The molecule has 2 heterocycles. The molecule has 0 bridgehead atoms. The van der Waals surface area contributed by atoms with Crippen LogP contribution in [0.2, 0.25) is 0 Å². The molecule has 0 spiro atoms. The Morgan fingerprint density at radius 2 is 1.56 bits per heavy atom. The molecule has 0 aliphatic carbocycles. The summed E-state index contributed by atoms with van der Waals surface area (Å²) in [6.07, 6.45) is 0. The fourth-order valence-corrected chi connectivity index (χ4v) is 3.49. The second kappa shape index (κ2) is 9.99. The van der Waals surface area contributed by atoms with E-state index in [4.69, 9.17) is 14.2 Å². The maximum Gasteiger partial charge on any atom is 0.211 e. The van der Waals surface area contributed by atoms with Gasteiger partial charge in [-0.2, -0.15) is 5.21 Å². The summed E-state index contributed by atoms with van der Waals surface area (Å²) < 4.78 is 17.6. The van der Waals surface area contributed by atoms with Crippen LogP contribution >= 0.6 is 0 Å². The van der Waals surface area contributed by atoms with Crippen LogP contribution in [0.25, 0.3) is 10.9 Å². The summed E-state index contributed by atoms with van der Waals surface area (Å²) in [6, 6.07) is 25.6. The third-order valence-corrected chi connectivity index (χ3v) is 5.26. The first-order chi connectivity index (χ1) is 16.7. The highest BCUT2D eigenvalue weighted by molar-refractivity contribution is 5.78. The summed E-state index contributed by atoms with van der Waals surface area (Å²) in [5, 5.41) is 14.8. The van der Waals surface area contributed by atoms with Crippen molar-refractivity contribution < 1.29 is 14.2 Å². The van der Waals surface area contributed by atoms with E-state index in [1.165, 1.54) is 0 Å².